The fourth-order valence-corrected chi connectivity index (χ4v) is 6.13. The molecule has 0 unspecified atom stereocenters. The van der Waals surface area contributed by atoms with Crippen molar-refractivity contribution in [3.8, 4) is 5.69 Å². The fraction of sp³-hybridized carbons (Fsp3) is 0.378. The maximum absolute atomic E-state index is 13.6. The van der Waals surface area contributed by atoms with E-state index in [2.05, 4.69) is 93.4 Å². The molecule has 3 aromatic carbocycles. The highest BCUT2D eigenvalue weighted by Gasteiger charge is 2.28. The van der Waals surface area contributed by atoms with Gasteiger partial charge in [-0.3, -0.25) is 9.69 Å². The van der Waals surface area contributed by atoms with Gasteiger partial charge in [-0.25, -0.2) is 9.78 Å². The Morgan fingerprint density at radius 3 is 2.20 bits per heavy atom. The lowest BCUT2D eigenvalue weighted by molar-refractivity contribution is 0.0931. The van der Waals surface area contributed by atoms with Crippen LogP contribution in [-0.4, -0.2) is 52.6 Å². The molecule has 236 valence electrons. The lowest BCUT2D eigenvalue weighted by atomic mass is 9.91. The van der Waals surface area contributed by atoms with Gasteiger partial charge in [0.05, 0.1) is 23.6 Å². The van der Waals surface area contributed by atoms with Crippen molar-refractivity contribution in [2.45, 2.75) is 57.9 Å². The number of imidazole rings is 1. The molecule has 0 radical (unpaired) electrons. The molecular formula is C37H46N6O2. The van der Waals surface area contributed by atoms with E-state index < -0.39 is 0 Å². The van der Waals surface area contributed by atoms with Crippen molar-refractivity contribution in [3.63, 3.8) is 0 Å². The Bertz CT molecular complexity index is 1430. The lowest BCUT2D eigenvalue weighted by Gasteiger charge is -2.38. The highest BCUT2D eigenvalue weighted by molar-refractivity contribution is 6.04. The molecule has 1 aliphatic rings. The van der Waals surface area contributed by atoms with Crippen LogP contribution in [0, 0.1) is 5.92 Å². The first-order chi connectivity index (χ1) is 22.1. The molecule has 0 aliphatic carbocycles. The number of urea groups is 1. The zero-order chi connectivity index (χ0) is 31.3. The number of nitrogens with one attached hydrogen (secondary N) is 3. The number of amides is 3. The highest BCUT2D eigenvalue weighted by atomic mass is 16.2. The third-order valence-electron chi connectivity index (χ3n) is 8.66. The van der Waals surface area contributed by atoms with Gasteiger partial charge in [0.25, 0.3) is 5.91 Å². The number of aromatic nitrogens is 2. The van der Waals surface area contributed by atoms with E-state index >= 15 is 0 Å². The monoisotopic (exact) mass is 606 g/mol. The van der Waals surface area contributed by atoms with Gasteiger partial charge in [0.1, 0.15) is 0 Å². The first-order valence-corrected chi connectivity index (χ1v) is 16.4. The molecule has 3 amide bonds. The largest absolute Gasteiger partial charge is 0.352 e. The smallest absolute Gasteiger partial charge is 0.319 e. The van der Waals surface area contributed by atoms with Gasteiger partial charge in [0.2, 0.25) is 0 Å². The number of hydrogen-bond acceptors (Lipinski definition) is 4. The summed E-state index contributed by atoms with van der Waals surface area (Å²) >= 11 is 0. The Morgan fingerprint density at radius 2 is 1.56 bits per heavy atom. The second kappa shape index (κ2) is 16.6. The van der Waals surface area contributed by atoms with Gasteiger partial charge in [-0.05, 0) is 67.6 Å². The molecule has 0 spiro atoms. The van der Waals surface area contributed by atoms with E-state index in [1.54, 1.807) is 18.6 Å². The van der Waals surface area contributed by atoms with Crippen molar-refractivity contribution in [3.05, 3.63) is 114 Å². The van der Waals surface area contributed by atoms with Crippen LogP contribution in [0.4, 0.5) is 10.5 Å². The number of unbranched alkanes of at least 4 members (excludes halogenated alkanes) is 4. The Labute approximate surface area is 267 Å². The first-order valence-electron chi connectivity index (χ1n) is 16.4. The number of piperidine rings is 1. The minimum Gasteiger partial charge on any atom is -0.352 e. The van der Waals surface area contributed by atoms with Crippen LogP contribution in [0.3, 0.4) is 0 Å². The van der Waals surface area contributed by atoms with Crippen LogP contribution in [0.15, 0.2) is 97.6 Å². The van der Waals surface area contributed by atoms with Crippen molar-refractivity contribution >= 4 is 17.6 Å². The van der Waals surface area contributed by atoms with Crippen molar-refractivity contribution < 1.29 is 9.59 Å². The van der Waals surface area contributed by atoms with Gasteiger partial charge in [-0.2, -0.15) is 0 Å². The molecule has 5 rings (SSSR count). The molecule has 0 atom stereocenters. The van der Waals surface area contributed by atoms with Crippen molar-refractivity contribution in [1.82, 2.24) is 25.1 Å². The molecule has 8 nitrogen and oxygen atoms in total. The summed E-state index contributed by atoms with van der Waals surface area (Å²) in [4.78, 5) is 33.0. The standard InChI is InChI=1S/C37H46N6O2/c1-2-3-4-5-12-21-39-37(45)41-34-18-17-32(43-25-22-38-28-43)26-33(34)36(44)40-27-29-19-23-42(24-20-29)35(30-13-8-6-9-14-30)31-15-10-7-11-16-31/h6-11,13-18,22,25-26,28-29,35H,2-5,12,19-21,23-24,27H2,1H3,(H,40,44)(H2,39,41,45). The van der Waals surface area contributed by atoms with E-state index in [-0.39, 0.29) is 18.0 Å². The summed E-state index contributed by atoms with van der Waals surface area (Å²) in [7, 11) is 0. The SMILES string of the molecule is CCCCCCCNC(=O)Nc1ccc(-n2ccnc2)cc1C(=O)NCC1CCN(C(c2ccccc2)c2ccccc2)CC1. The summed E-state index contributed by atoms with van der Waals surface area (Å²) in [5.41, 5.74) is 4.33. The Balaban J connectivity index is 1.20. The van der Waals surface area contributed by atoms with E-state index in [0.717, 1.165) is 44.5 Å². The van der Waals surface area contributed by atoms with Gasteiger partial charge in [-0.15, -0.1) is 0 Å². The molecule has 2 heterocycles. The first kappa shape index (κ1) is 32.0. The van der Waals surface area contributed by atoms with Gasteiger partial charge in [0.15, 0.2) is 0 Å². The van der Waals surface area contributed by atoms with Crippen molar-refractivity contribution in [2.75, 3.05) is 31.5 Å². The summed E-state index contributed by atoms with van der Waals surface area (Å²) in [6, 6.07) is 26.8. The number of rotatable bonds is 14. The molecule has 1 fully saturated rings. The van der Waals surface area contributed by atoms with E-state index in [4.69, 9.17) is 0 Å². The van der Waals surface area contributed by atoms with Crippen LogP contribution in [0.25, 0.3) is 5.69 Å². The number of benzene rings is 3. The van der Waals surface area contributed by atoms with Crippen LogP contribution in [0.2, 0.25) is 0 Å². The Morgan fingerprint density at radius 1 is 0.867 bits per heavy atom. The number of hydrogen-bond donors (Lipinski definition) is 3. The molecular weight excluding hydrogens is 560 g/mol. The van der Waals surface area contributed by atoms with E-state index in [9.17, 15) is 9.59 Å². The predicted molar refractivity (Wildman–Crippen MR) is 181 cm³/mol. The second-order valence-electron chi connectivity index (χ2n) is 11.9. The normalized spacial score (nSPS) is 13.9. The Kier molecular flexibility index (Phi) is 11.8. The molecule has 1 aromatic heterocycles. The quantitative estimate of drug-likeness (QED) is 0.133. The minimum atomic E-state index is -0.298. The summed E-state index contributed by atoms with van der Waals surface area (Å²) in [6.07, 6.45) is 12.9. The molecule has 1 saturated heterocycles. The van der Waals surface area contributed by atoms with Crippen molar-refractivity contribution in [2.24, 2.45) is 5.92 Å². The number of likely N-dealkylation sites (tertiary alicyclic amines) is 1. The van der Waals surface area contributed by atoms with E-state index in [1.807, 2.05) is 22.9 Å². The minimum absolute atomic E-state index is 0.194. The summed E-state index contributed by atoms with van der Waals surface area (Å²) in [5.74, 6) is 0.183. The van der Waals surface area contributed by atoms with Crippen LogP contribution in [0.5, 0.6) is 0 Å². The topological polar surface area (TPSA) is 91.3 Å². The van der Waals surface area contributed by atoms with Crippen LogP contribution in [0.1, 0.15) is 79.4 Å². The van der Waals surface area contributed by atoms with Crippen LogP contribution in [-0.2, 0) is 0 Å². The summed E-state index contributed by atoms with van der Waals surface area (Å²) < 4.78 is 1.85. The summed E-state index contributed by atoms with van der Waals surface area (Å²) in [6.45, 7) is 5.30. The molecule has 1 aliphatic heterocycles. The van der Waals surface area contributed by atoms with Gasteiger partial charge in [-0.1, -0.05) is 93.3 Å². The van der Waals surface area contributed by atoms with E-state index in [0.29, 0.717) is 30.3 Å². The lowest BCUT2D eigenvalue weighted by Crippen LogP contribution is -2.40. The predicted octanol–water partition coefficient (Wildman–Crippen LogP) is 7.20. The molecule has 4 aromatic rings. The van der Waals surface area contributed by atoms with Crippen molar-refractivity contribution in [1.29, 1.82) is 0 Å². The molecule has 8 heteroatoms. The Hall–Kier alpha value is -4.43. The molecule has 0 saturated carbocycles. The fourth-order valence-electron chi connectivity index (χ4n) is 6.13. The van der Waals surface area contributed by atoms with Crippen LogP contribution < -0.4 is 16.0 Å². The van der Waals surface area contributed by atoms with Gasteiger partial charge < -0.3 is 20.5 Å². The highest BCUT2D eigenvalue weighted by Crippen LogP contribution is 2.32. The number of carbonyl (C=O) groups excluding carboxylic acids is 2. The van der Waals surface area contributed by atoms with Gasteiger partial charge in [0, 0.05) is 31.2 Å². The average molecular weight is 607 g/mol. The molecule has 45 heavy (non-hydrogen) atoms. The maximum atomic E-state index is 13.6. The van der Waals surface area contributed by atoms with Gasteiger partial charge >= 0.3 is 6.03 Å². The zero-order valence-electron chi connectivity index (χ0n) is 26.3. The average Bonchev–Trinajstić information content (AvgIpc) is 3.63. The summed E-state index contributed by atoms with van der Waals surface area (Å²) in [5, 5.41) is 9.03. The zero-order valence-corrected chi connectivity index (χ0v) is 26.3. The van der Waals surface area contributed by atoms with Crippen LogP contribution >= 0.6 is 0 Å². The number of carbonyl (C=O) groups is 2. The number of anilines is 1. The maximum Gasteiger partial charge on any atom is 0.319 e. The third-order valence-corrected chi connectivity index (χ3v) is 8.66. The molecule has 3 N–H and O–H groups in total. The third kappa shape index (κ3) is 9.05. The van der Waals surface area contributed by atoms with E-state index in [1.165, 1.54) is 30.4 Å². The number of nitrogens with zero attached hydrogens (tertiary/aromatic N) is 3. The second-order valence-corrected chi connectivity index (χ2v) is 11.9. The molecule has 0 bridgehead atoms.